The SMILES string of the molecule is CN=C1CCc2c(ccc3ccccc23)N1. The average molecular weight is 210 g/mol. The maximum Gasteiger partial charge on any atom is 0.101 e. The van der Waals surface area contributed by atoms with Crippen molar-refractivity contribution in [3.8, 4) is 0 Å². The van der Waals surface area contributed by atoms with Crippen LogP contribution in [0, 0.1) is 0 Å². The molecule has 0 radical (unpaired) electrons. The predicted octanol–water partition coefficient (Wildman–Crippen LogP) is 3.23. The zero-order valence-electron chi connectivity index (χ0n) is 9.33. The number of hydrogen-bond acceptors (Lipinski definition) is 1. The summed E-state index contributed by atoms with van der Waals surface area (Å²) in [5.74, 6) is 1.09. The molecule has 0 amide bonds. The first-order valence-corrected chi connectivity index (χ1v) is 5.62. The van der Waals surface area contributed by atoms with E-state index < -0.39 is 0 Å². The molecule has 2 heteroatoms. The Morgan fingerprint density at radius 1 is 1.06 bits per heavy atom. The Kier molecular flexibility index (Phi) is 2.13. The fourth-order valence-electron chi connectivity index (χ4n) is 2.35. The van der Waals surface area contributed by atoms with Gasteiger partial charge < -0.3 is 5.32 Å². The Labute approximate surface area is 95.0 Å². The summed E-state index contributed by atoms with van der Waals surface area (Å²) in [5.41, 5.74) is 2.64. The first-order valence-electron chi connectivity index (χ1n) is 5.62. The molecule has 0 bridgehead atoms. The first kappa shape index (κ1) is 9.40. The minimum atomic E-state index is 1.01. The van der Waals surface area contributed by atoms with Crippen LogP contribution in [0.3, 0.4) is 0 Å². The van der Waals surface area contributed by atoms with E-state index in [0.717, 1.165) is 18.7 Å². The Morgan fingerprint density at radius 3 is 2.81 bits per heavy atom. The summed E-state index contributed by atoms with van der Waals surface area (Å²) in [7, 11) is 1.84. The van der Waals surface area contributed by atoms with E-state index in [9.17, 15) is 0 Å². The molecule has 1 heterocycles. The number of fused-ring (bicyclic) bond motifs is 3. The summed E-state index contributed by atoms with van der Waals surface area (Å²) in [6.07, 6.45) is 2.09. The van der Waals surface area contributed by atoms with Crippen LogP contribution in [0.2, 0.25) is 0 Å². The Hall–Kier alpha value is -1.83. The molecule has 2 aromatic rings. The van der Waals surface area contributed by atoms with E-state index in [1.807, 2.05) is 7.05 Å². The molecule has 16 heavy (non-hydrogen) atoms. The fraction of sp³-hybridized carbons (Fsp3) is 0.214. The number of aliphatic imine (C=N–C) groups is 1. The van der Waals surface area contributed by atoms with Crippen molar-refractivity contribution in [2.75, 3.05) is 12.4 Å². The number of rotatable bonds is 0. The highest BCUT2D eigenvalue weighted by Crippen LogP contribution is 2.30. The lowest BCUT2D eigenvalue weighted by atomic mass is 9.96. The fourth-order valence-corrected chi connectivity index (χ4v) is 2.35. The molecule has 80 valence electrons. The molecule has 0 aromatic heterocycles. The van der Waals surface area contributed by atoms with Gasteiger partial charge in [0.15, 0.2) is 0 Å². The number of hydrogen-bond donors (Lipinski definition) is 1. The largest absolute Gasteiger partial charge is 0.344 e. The number of benzene rings is 2. The summed E-state index contributed by atoms with van der Waals surface area (Å²) in [4.78, 5) is 4.23. The van der Waals surface area contributed by atoms with Gasteiger partial charge in [-0.25, -0.2) is 0 Å². The smallest absolute Gasteiger partial charge is 0.101 e. The highest BCUT2D eigenvalue weighted by atomic mass is 15.0. The second kappa shape index (κ2) is 3.63. The van der Waals surface area contributed by atoms with Crippen LogP contribution < -0.4 is 5.32 Å². The highest BCUT2D eigenvalue weighted by Gasteiger charge is 2.14. The number of aryl methyl sites for hydroxylation is 1. The summed E-state index contributed by atoms with van der Waals surface area (Å²) in [5, 5.41) is 6.07. The van der Waals surface area contributed by atoms with Gasteiger partial charge in [-0.3, -0.25) is 4.99 Å². The molecular weight excluding hydrogens is 196 g/mol. The summed E-state index contributed by atoms with van der Waals surface area (Å²) < 4.78 is 0. The Bertz CT molecular complexity index is 570. The quantitative estimate of drug-likeness (QED) is 0.709. The molecule has 0 atom stereocenters. The highest BCUT2D eigenvalue weighted by molar-refractivity contribution is 6.02. The molecular formula is C14H14N2. The molecule has 0 spiro atoms. The van der Waals surface area contributed by atoms with E-state index in [0.29, 0.717) is 0 Å². The zero-order valence-corrected chi connectivity index (χ0v) is 9.33. The minimum Gasteiger partial charge on any atom is -0.344 e. The normalized spacial score (nSPS) is 17.2. The van der Waals surface area contributed by atoms with Crippen LogP contribution >= 0.6 is 0 Å². The minimum absolute atomic E-state index is 1.01. The molecule has 1 aliphatic rings. The van der Waals surface area contributed by atoms with Gasteiger partial charge in [0.2, 0.25) is 0 Å². The maximum absolute atomic E-state index is 4.23. The van der Waals surface area contributed by atoms with Crippen molar-refractivity contribution in [1.29, 1.82) is 0 Å². The van der Waals surface area contributed by atoms with Crippen LogP contribution in [0.15, 0.2) is 41.4 Å². The molecule has 1 N–H and O–H groups in total. The Morgan fingerprint density at radius 2 is 1.94 bits per heavy atom. The zero-order chi connectivity index (χ0) is 11.0. The predicted molar refractivity (Wildman–Crippen MR) is 69.3 cm³/mol. The van der Waals surface area contributed by atoms with Crippen LogP contribution in [0.5, 0.6) is 0 Å². The van der Waals surface area contributed by atoms with Crippen LogP contribution in [0.25, 0.3) is 10.8 Å². The summed E-state index contributed by atoms with van der Waals surface area (Å²) in [6.45, 7) is 0. The van der Waals surface area contributed by atoms with Gasteiger partial charge in [-0.1, -0.05) is 30.3 Å². The number of anilines is 1. The summed E-state index contributed by atoms with van der Waals surface area (Å²) >= 11 is 0. The van der Waals surface area contributed by atoms with Gasteiger partial charge in [0.25, 0.3) is 0 Å². The van der Waals surface area contributed by atoms with E-state index in [2.05, 4.69) is 46.7 Å². The number of nitrogens with zero attached hydrogens (tertiary/aromatic N) is 1. The number of nitrogens with one attached hydrogen (secondary N) is 1. The Balaban J connectivity index is 2.21. The second-order valence-corrected chi connectivity index (χ2v) is 4.11. The van der Waals surface area contributed by atoms with Crippen LogP contribution in [0.4, 0.5) is 5.69 Å². The van der Waals surface area contributed by atoms with Crippen molar-refractivity contribution < 1.29 is 0 Å². The van der Waals surface area contributed by atoms with E-state index in [1.54, 1.807) is 0 Å². The lowest BCUT2D eigenvalue weighted by molar-refractivity contribution is 1.02. The topological polar surface area (TPSA) is 24.4 Å². The molecule has 2 nitrogen and oxygen atoms in total. The van der Waals surface area contributed by atoms with E-state index in [4.69, 9.17) is 0 Å². The molecule has 1 aliphatic heterocycles. The molecule has 0 fully saturated rings. The standard InChI is InChI=1S/C14H14N2/c1-15-14-9-7-12-11-5-3-2-4-10(11)6-8-13(12)16-14/h2-6,8H,7,9H2,1H3,(H,15,16). The van der Waals surface area contributed by atoms with Crippen molar-refractivity contribution in [2.45, 2.75) is 12.8 Å². The third-order valence-corrected chi connectivity index (χ3v) is 3.20. The molecule has 0 saturated heterocycles. The van der Waals surface area contributed by atoms with Gasteiger partial charge in [-0.05, 0) is 28.8 Å². The molecule has 0 aliphatic carbocycles. The lowest BCUT2D eigenvalue weighted by Crippen LogP contribution is -2.19. The molecule has 0 saturated carbocycles. The van der Waals surface area contributed by atoms with Crippen LogP contribution in [-0.2, 0) is 6.42 Å². The van der Waals surface area contributed by atoms with Crippen molar-refractivity contribution in [3.05, 3.63) is 42.0 Å². The van der Waals surface area contributed by atoms with Crippen molar-refractivity contribution in [2.24, 2.45) is 4.99 Å². The maximum atomic E-state index is 4.23. The summed E-state index contributed by atoms with van der Waals surface area (Å²) in [6, 6.07) is 12.9. The number of amidine groups is 1. The van der Waals surface area contributed by atoms with Gasteiger partial charge in [0.05, 0.1) is 0 Å². The van der Waals surface area contributed by atoms with Gasteiger partial charge in [0.1, 0.15) is 5.84 Å². The van der Waals surface area contributed by atoms with Crippen LogP contribution in [-0.4, -0.2) is 12.9 Å². The molecule has 3 rings (SSSR count). The molecule has 0 unspecified atom stereocenters. The first-order chi connectivity index (χ1) is 7.88. The van der Waals surface area contributed by atoms with E-state index >= 15 is 0 Å². The lowest BCUT2D eigenvalue weighted by Gasteiger charge is -2.21. The van der Waals surface area contributed by atoms with Gasteiger partial charge in [-0.2, -0.15) is 0 Å². The van der Waals surface area contributed by atoms with Gasteiger partial charge in [0, 0.05) is 19.2 Å². The monoisotopic (exact) mass is 210 g/mol. The average Bonchev–Trinajstić information content (AvgIpc) is 2.38. The van der Waals surface area contributed by atoms with E-state index in [1.165, 1.54) is 22.0 Å². The van der Waals surface area contributed by atoms with E-state index in [-0.39, 0.29) is 0 Å². The van der Waals surface area contributed by atoms with Crippen LogP contribution in [0.1, 0.15) is 12.0 Å². The van der Waals surface area contributed by atoms with Crippen molar-refractivity contribution >= 4 is 22.3 Å². The second-order valence-electron chi connectivity index (χ2n) is 4.11. The van der Waals surface area contributed by atoms with Gasteiger partial charge in [-0.15, -0.1) is 0 Å². The molecule has 2 aromatic carbocycles. The third kappa shape index (κ3) is 1.38. The van der Waals surface area contributed by atoms with Gasteiger partial charge >= 0.3 is 0 Å². The van der Waals surface area contributed by atoms with Crippen molar-refractivity contribution in [3.63, 3.8) is 0 Å². The van der Waals surface area contributed by atoms with Crippen molar-refractivity contribution in [1.82, 2.24) is 0 Å². The third-order valence-electron chi connectivity index (χ3n) is 3.20.